The number of aromatic nitrogens is 1. The number of rotatable bonds is 2. The van der Waals surface area contributed by atoms with Crippen molar-refractivity contribution in [2.75, 3.05) is 19.0 Å². The van der Waals surface area contributed by atoms with E-state index in [-0.39, 0.29) is 11.1 Å². The normalized spacial score (nSPS) is 10.5. The number of hydrogen-bond acceptors (Lipinski definition) is 3. The molecule has 0 saturated heterocycles. The smallest absolute Gasteiger partial charge is 0.339 e. The Labute approximate surface area is 97.3 Å². The van der Waals surface area contributed by atoms with Crippen LogP contribution in [0, 0.1) is 5.82 Å². The summed E-state index contributed by atoms with van der Waals surface area (Å²) < 4.78 is 13.5. The maximum atomic E-state index is 13.5. The van der Waals surface area contributed by atoms with Gasteiger partial charge in [0.2, 0.25) is 0 Å². The third kappa shape index (κ3) is 1.80. The molecule has 0 aliphatic heterocycles. The summed E-state index contributed by atoms with van der Waals surface area (Å²) in [6.07, 6.45) is 1.18. The van der Waals surface area contributed by atoms with Gasteiger partial charge in [0, 0.05) is 25.7 Å². The maximum absolute atomic E-state index is 13.5. The molecule has 4 nitrogen and oxygen atoms in total. The number of pyridine rings is 1. The summed E-state index contributed by atoms with van der Waals surface area (Å²) in [5, 5.41) is 9.58. The molecule has 0 aliphatic rings. The molecule has 1 heterocycles. The Balaban J connectivity index is 2.89. The molecule has 0 fully saturated rings. The summed E-state index contributed by atoms with van der Waals surface area (Å²) in [4.78, 5) is 16.6. The van der Waals surface area contributed by atoms with E-state index < -0.39 is 11.8 Å². The van der Waals surface area contributed by atoms with Crippen molar-refractivity contribution in [3.63, 3.8) is 0 Å². The van der Waals surface area contributed by atoms with E-state index in [4.69, 9.17) is 5.11 Å². The zero-order valence-electron chi connectivity index (χ0n) is 9.44. The van der Waals surface area contributed by atoms with Gasteiger partial charge in [0.15, 0.2) is 0 Å². The second-order valence-electron chi connectivity index (χ2n) is 3.86. The molecule has 0 radical (unpaired) electrons. The second kappa shape index (κ2) is 4.01. The Morgan fingerprint density at radius 3 is 2.71 bits per heavy atom. The summed E-state index contributed by atoms with van der Waals surface area (Å²) in [7, 11) is 3.43. The molecular formula is C12H11FN2O2. The number of hydrogen-bond donors (Lipinski definition) is 1. The minimum absolute atomic E-state index is 0.0631. The minimum atomic E-state index is -1.08. The lowest BCUT2D eigenvalue weighted by Gasteiger charge is -2.17. The molecule has 17 heavy (non-hydrogen) atoms. The standard InChI is InChI=1S/C12H11FN2O2/c1-15(2)11-7-4-3-5-9(13)10(7)14-6-8(11)12(16)17/h3-6H,1-2H3,(H,16,17). The number of carboxylic acid groups (broad SMARTS) is 1. The molecule has 5 heteroatoms. The van der Waals surface area contributed by atoms with Crippen molar-refractivity contribution in [1.82, 2.24) is 4.98 Å². The van der Waals surface area contributed by atoms with Crippen LogP contribution < -0.4 is 4.90 Å². The maximum Gasteiger partial charge on any atom is 0.339 e. The van der Waals surface area contributed by atoms with Gasteiger partial charge in [-0.2, -0.15) is 0 Å². The van der Waals surface area contributed by atoms with Crippen LogP contribution in [0.4, 0.5) is 10.1 Å². The largest absolute Gasteiger partial charge is 0.478 e. The molecule has 0 saturated carbocycles. The van der Waals surface area contributed by atoms with E-state index in [0.717, 1.165) is 0 Å². The average Bonchev–Trinajstić information content (AvgIpc) is 2.27. The molecule has 1 N–H and O–H groups in total. The topological polar surface area (TPSA) is 53.4 Å². The van der Waals surface area contributed by atoms with Gasteiger partial charge < -0.3 is 10.0 Å². The van der Waals surface area contributed by atoms with E-state index in [1.54, 1.807) is 25.1 Å². The van der Waals surface area contributed by atoms with E-state index >= 15 is 0 Å². The van der Waals surface area contributed by atoms with E-state index in [1.165, 1.54) is 18.3 Å². The Morgan fingerprint density at radius 2 is 2.12 bits per heavy atom. The van der Waals surface area contributed by atoms with Gasteiger partial charge in [-0.1, -0.05) is 12.1 Å². The fourth-order valence-corrected chi connectivity index (χ4v) is 1.81. The zero-order valence-corrected chi connectivity index (χ0v) is 9.44. The van der Waals surface area contributed by atoms with Crippen molar-refractivity contribution >= 4 is 22.6 Å². The van der Waals surface area contributed by atoms with Gasteiger partial charge in [0.05, 0.1) is 5.69 Å². The van der Waals surface area contributed by atoms with Crippen LogP contribution >= 0.6 is 0 Å². The first-order chi connectivity index (χ1) is 8.02. The van der Waals surface area contributed by atoms with Crippen LogP contribution in [0.5, 0.6) is 0 Å². The van der Waals surface area contributed by atoms with Gasteiger partial charge in [-0.25, -0.2) is 9.18 Å². The Hall–Kier alpha value is -2.17. The SMILES string of the molecule is CN(C)c1c(C(=O)O)cnc2c(F)cccc12. The summed E-state index contributed by atoms with van der Waals surface area (Å²) >= 11 is 0. The molecule has 0 amide bonds. The number of halogens is 1. The van der Waals surface area contributed by atoms with Crippen LogP contribution in [0.15, 0.2) is 24.4 Å². The van der Waals surface area contributed by atoms with Crippen LogP contribution in [-0.2, 0) is 0 Å². The second-order valence-corrected chi connectivity index (χ2v) is 3.86. The van der Waals surface area contributed by atoms with Crippen LogP contribution in [0.2, 0.25) is 0 Å². The third-order valence-electron chi connectivity index (χ3n) is 2.50. The number of para-hydroxylation sites is 1. The highest BCUT2D eigenvalue weighted by atomic mass is 19.1. The van der Waals surface area contributed by atoms with Gasteiger partial charge in [0.1, 0.15) is 16.9 Å². The van der Waals surface area contributed by atoms with Crippen molar-refractivity contribution in [2.24, 2.45) is 0 Å². The van der Waals surface area contributed by atoms with Crippen molar-refractivity contribution in [3.8, 4) is 0 Å². The summed E-state index contributed by atoms with van der Waals surface area (Å²) in [6, 6.07) is 4.50. The fourth-order valence-electron chi connectivity index (χ4n) is 1.81. The number of fused-ring (bicyclic) bond motifs is 1. The van der Waals surface area contributed by atoms with Crippen molar-refractivity contribution in [1.29, 1.82) is 0 Å². The van der Waals surface area contributed by atoms with Crippen LogP contribution in [0.25, 0.3) is 10.9 Å². The van der Waals surface area contributed by atoms with Gasteiger partial charge in [-0.15, -0.1) is 0 Å². The molecule has 1 aromatic heterocycles. The first-order valence-electron chi connectivity index (χ1n) is 5.00. The molecule has 0 unspecified atom stereocenters. The Morgan fingerprint density at radius 1 is 1.41 bits per heavy atom. The van der Waals surface area contributed by atoms with E-state index in [9.17, 15) is 9.18 Å². The lowest BCUT2D eigenvalue weighted by molar-refractivity contribution is 0.0697. The van der Waals surface area contributed by atoms with Gasteiger partial charge in [-0.05, 0) is 6.07 Å². The number of aromatic carboxylic acids is 1. The summed E-state index contributed by atoms with van der Waals surface area (Å²) in [5.41, 5.74) is 0.705. The van der Waals surface area contributed by atoms with Crippen molar-refractivity contribution in [2.45, 2.75) is 0 Å². The molecule has 2 rings (SSSR count). The van der Waals surface area contributed by atoms with Gasteiger partial charge in [-0.3, -0.25) is 4.98 Å². The quantitative estimate of drug-likeness (QED) is 0.864. The predicted molar refractivity (Wildman–Crippen MR) is 63.0 cm³/mol. The zero-order chi connectivity index (χ0) is 12.6. The molecular weight excluding hydrogens is 223 g/mol. The molecule has 88 valence electrons. The van der Waals surface area contributed by atoms with Crippen molar-refractivity contribution < 1.29 is 14.3 Å². The Kier molecular flexibility index (Phi) is 2.67. The van der Waals surface area contributed by atoms with Crippen LogP contribution in [0.3, 0.4) is 0 Å². The molecule has 0 aliphatic carbocycles. The molecule has 1 aromatic carbocycles. The highest BCUT2D eigenvalue weighted by Gasteiger charge is 2.17. The minimum Gasteiger partial charge on any atom is -0.478 e. The number of anilines is 1. The first-order valence-corrected chi connectivity index (χ1v) is 5.00. The molecule has 0 atom stereocenters. The first kappa shape index (κ1) is 11.3. The molecule has 2 aromatic rings. The lowest BCUT2D eigenvalue weighted by Crippen LogP contribution is -2.15. The predicted octanol–water partition coefficient (Wildman–Crippen LogP) is 2.14. The van der Waals surface area contributed by atoms with E-state index in [1.807, 2.05) is 0 Å². The summed E-state index contributed by atoms with van der Waals surface area (Å²) in [5.74, 6) is -1.53. The monoisotopic (exact) mass is 234 g/mol. The van der Waals surface area contributed by atoms with E-state index in [0.29, 0.717) is 11.1 Å². The van der Waals surface area contributed by atoms with Gasteiger partial charge >= 0.3 is 5.97 Å². The number of benzene rings is 1. The highest BCUT2D eigenvalue weighted by Crippen LogP contribution is 2.29. The number of nitrogens with zero attached hydrogens (tertiary/aromatic N) is 2. The van der Waals surface area contributed by atoms with Crippen LogP contribution in [-0.4, -0.2) is 30.2 Å². The molecule has 0 spiro atoms. The van der Waals surface area contributed by atoms with Gasteiger partial charge in [0.25, 0.3) is 0 Å². The average molecular weight is 234 g/mol. The van der Waals surface area contributed by atoms with Crippen molar-refractivity contribution in [3.05, 3.63) is 35.8 Å². The van der Waals surface area contributed by atoms with Crippen LogP contribution in [0.1, 0.15) is 10.4 Å². The summed E-state index contributed by atoms with van der Waals surface area (Å²) in [6.45, 7) is 0. The highest BCUT2D eigenvalue weighted by molar-refractivity contribution is 6.04. The molecule has 0 bridgehead atoms. The third-order valence-corrected chi connectivity index (χ3v) is 2.50. The number of carboxylic acids is 1. The Bertz CT molecular complexity index is 596. The van der Waals surface area contributed by atoms with E-state index in [2.05, 4.69) is 4.98 Å². The fraction of sp³-hybridized carbons (Fsp3) is 0.167. The lowest BCUT2D eigenvalue weighted by atomic mass is 10.1. The number of carbonyl (C=O) groups is 1.